The molecular formula is C9H11N. The summed E-state index contributed by atoms with van der Waals surface area (Å²) in [6.45, 7) is 2.11. The molecular weight excluding hydrogens is 122 g/mol. The van der Waals surface area contributed by atoms with Crippen LogP contribution in [0.3, 0.4) is 0 Å². The minimum atomic E-state index is 0.986. The first-order valence-electron chi connectivity index (χ1n) is 3.46. The van der Waals surface area contributed by atoms with Crippen LogP contribution in [0.2, 0.25) is 0 Å². The molecule has 1 N–H and O–H groups in total. The van der Waals surface area contributed by atoms with Crippen LogP contribution >= 0.6 is 0 Å². The molecule has 0 spiro atoms. The smallest absolute Gasteiger partial charge is 0.0250 e. The summed E-state index contributed by atoms with van der Waals surface area (Å²) in [6.07, 6.45) is 2.42. The van der Waals surface area contributed by atoms with Gasteiger partial charge in [0.25, 0.3) is 0 Å². The van der Waals surface area contributed by atoms with Gasteiger partial charge in [-0.2, -0.15) is 0 Å². The monoisotopic (exact) mass is 133 g/mol. The van der Waals surface area contributed by atoms with Crippen LogP contribution in [-0.2, 0) is 6.42 Å². The molecule has 1 aromatic rings. The van der Waals surface area contributed by atoms with Crippen LogP contribution in [0.5, 0.6) is 0 Å². The van der Waals surface area contributed by atoms with Gasteiger partial charge in [0.2, 0.25) is 0 Å². The fraction of sp³-hybridized carbons (Fsp3) is 0.222. The zero-order valence-corrected chi connectivity index (χ0v) is 6.09. The lowest BCUT2D eigenvalue weighted by Gasteiger charge is -1.95. The summed E-state index contributed by atoms with van der Waals surface area (Å²) in [4.78, 5) is 0. The Bertz CT molecular complexity index is 228. The molecule has 0 aromatic heterocycles. The average Bonchev–Trinajstić information content (AvgIpc) is 2.05. The zero-order chi connectivity index (χ0) is 7.40. The highest BCUT2D eigenvalue weighted by Crippen LogP contribution is 2.02. The van der Waals surface area contributed by atoms with Gasteiger partial charge in [-0.15, -0.1) is 0 Å². The predicted octanol–water partition coefficient (Wildman–Crippen LogP) is 2.25. The minimum Gasteiger partial charge on any atom is -0.308 e. The summed E-state index contributed by atoms with van der Waals surface area (Å²) in [7, 11) is 0. The number of aryl methyl sites for hydroxylation is 1. The maximum Gasteiger partial charge on any atom is 0.0250 e. The van der Waals surface area contributed by atoms with Gasteiger partial charge < -0.3 is 5.41 Å². The first-order valence-corrected chi connectivity index (χ1v) is 3.46. The van der Waals surface area contributed by atoms with E-state index in [0.29, 0.717) is 0 Å². The molecule has 1 rings (SSSR count). The largest absolute Gasteiger partial charge is 0.308 e. The average molecular weight is 133 g/mol. The third kappa shape index (κ3) is 1.44. The third-order valence-electron chi connectivity index (χ3n) is 1.53. The molecule has 0 aliphatic carbocycles. The quantitative estimate of drug-likeness (QED) is 0.598. The van der Waals surface area contributed by atoms with E-state index < -0.39 is 0 Å². The number of nitrogens with one attached hydrogen (secondary N) is 1. The third-order valence-corrected chi connectivity index (χ3v) is 1.53. The van der Waals surface area contributed by atoms with E-state index >= 15 is 0 Å². The van der Waals surface area contributed by atoms with Crippen LogP contribution in [0.15, 0.2) is 24.3 Å². The van der Waals surface area contributed by atoms with Crippen LogP contribution in [0.25, 0.3) is 0 Å². The molecule has 0 heterocycles. The van der Waals surface area contributed by atoms with Gasteiger partial charge in [0.05, 0.1) is 0 Å². The second-order valence-electron chi connectivity index (χ2n) is 2.24. The highest BCUT2D eigenvalue weighted by atomic mass is 14.3. The number of rotatable bonds is 2. The van der Waals surface area contributed by atoms with Crippen LogP contribution < -0.4 is 0 Å². The van der Waals surface area contributed by atoms with E-state index in [9.17, 15) is 0 Å². The van der Waals surface area contributed by atoms with Gasteiger partial charge in [-0.1, -0.05) is 31.2 Å². The van der Waals surface area contributed by atoms with Crippen molar-refractivity contribution in [1.29, 1.82) is 5.41 Å². The Morgan fingerprint density at radius 1 is 1.50 bits per heavy atom. The van der Waals surface area contributed by atoms with Crippen LogP contribution in [-0.4, -0.2) is 6.21 Å². The van der Waals surface area contributed by atoms with Gasteiger partial charge in [0.1, 0.15) is 0 Å². The molecule has 1 heteroatoms. The summed E-state index contributed by atoms with van der Waals surface area (Å²) in [6, 6.07) is 8.03. The molecule has 0 saturated carbocycles. The van der Waals surface area contributed by atoms with Crippen LogP contribution in [0.1, 0.15) is 18.1 Å². The fourth-order valence-corrected chi connectivity index (χ4v) is 0.903. The first-order chi connectivity index (χ1) is 4.86. The van der Waals surface area contributed by atoms with Crippen molar-refractivity contribution in [2.24, 2.45) is 0 Å². The molecule has 0 aliphatic heterocycles. The minimum absolute atomic E-state index is 0.986. The van der Waals surface area contributed by atoms with E-state index in [4.69, 9.17) is 5.41 Å². The van der Waals surface area contributed by atoms with Crippen molar-refractivity contribution in [2.75, 3.05) is 0 Å². The Kier molecular flexibility index (Phi) is 2.21. The normalized spacial score (nSPS) is 9.30. The molecule has 1 aromatic carbocycles. The van der Waals surface area contributed by atoms with Gasteiger partial charge in [0.15, 0.2) is 0 Å². The second-order valence-corrected chi connectivity index (χ2v) is 2.24. The molecule has 0 unspecified atom stereocenters. The highest BCUT2D eigenvalue weighted by molar-refractivity contribution is 5.77. The SMILES string of the molecule is CCc1cccc(C=N)c1. The standard InChI is InChI=1S/C9H11N/c1-2-8-4-3-5-9(6-8)7-10/h3-7,10H,2H2,1H3. The van der Waals surface area contributed by atoms with Gasteiger partial charge in [-0.05, 0) is 17.5 Å². The van der Waals surface area contributed by atoms with E-state index in [1.165, 1.54) is 11.8 Å². The van der Waals surface area contributed by atoms with Gasteiger partial charge in [0, 0.05) is 6.21 Å². The van der Waals surface area contributed by atoms with Crippen molar-refractivity contribution in [1.82, 2.24) is 0 Å². The van der Waals surface area contributed by atoms with Crippen molar-refractivity contribution in [3.63, 3.8) is 0 Å². The van der Waals surface area contributed by atoms with Crippen LogP contribution in [0, 0.1) is 5.41 Å². The van der Waals surface area contributed by atoms with Crippen molar-refractivity contribution in [3.8, 4) is 0 Å². The second kappa shape index (κ2) is 3.16. The summed E-state index contributed by atoms with van der Waals surface area (Å²) >= 11 is 0. The Balaban J connectivity index is 2.98. The maximum atomic E-state index is 6.99. The number of hydrogen-bond acceptors (Lipinski definition) is 1. The molecule has 0 atom stereocenters. The number of hydrogen-bond donors (Lipinski definition) is 1. The zero-order valence-electron chi connectivity index (χ0n) is 6.09. The van der Waals surface area contributed by atoms with Crippen LogP contribution in [0.4, 0.5) is 0 Å². The van der Waals surface area contributed by atoms with E-state index in [2.05, 4.69) is 13.0 Å². The van der Waals surface area contributed by atoms with E-state index in [-0.39, 0.29) is 0 Å². The number of benzene rings is 1. The van der Waals surface area contributed by atoms with E-state index in [0.717, 1.165) is 12.0 Å². The molecule has 0 radical (unpaired) electrons. The van der Waals surface area contributed by atoms with Gasteiger partial charge >= 0.3 is 0 Å². The van der Waals surface area contributed by atoms with Gasteiger partial charge in [-0.25, -0.2) is 0 Å². The lowest BCUT2D eigenvalue weighted by molar-refractivity contribution is 1.14. The topological polar surface area (TPSA) is 23.9 Å². The van der Waals surface area contributed by atoms with Crippen molar-refractivity contribution in [2.45, 2.75) is 13.3 Å². The summed E-state index contributed by atoms with van der Waals surface area (Å²) in [5.41, 5.74) is 2.28. The predicted molar refractivity (Wildman–Crippen MR) is 43.7 cm³/mol. The van der Waals surface area contributed by atoms with Crippen molar-refractivity contribution >= 4 is 6.21 Å². The maximum absolute atomic E-state index is 6.99. The molecule has 0 amide bonds. The Morgan fingerprint density at radius 2 is 2.30 bits per heavy atom. The molecule has 52 valence electrons. The molecule has 10 heavy (non-hydrogen) atoms. The molecule has 0 fully saturated rings. The highest BCUT2D eigenvalue weighted by Gasteiger charge is 1.88. The molecule has 0 saturated heterocycles. The Hall–Kier alpha value is -1.11. The molecule has 0 bridgehead atoms. The lowest BCUT2D eigenvalue weighted by atomic mass is 10.1. The molecule has 0 aliphatic rings. The lowest BCUT2D eigenvalue weighted by Crippen LogP contribution is -1.83. The van der Waals surface area contributed by atoms with Crippen molar-refractivity contribution in [3.05, 3.63) is 35.4 Å². The van der Waals surface area contributed by atoms with E-state index in [1.807, 2.05) is 18.2 Å². The molecule has 1 nitrogen and oxygen atoms in total. The summed E-state index contributed by atoms with van der Waals surface area (Å²) in [5.74, 6) is 0. The first kappa shape index (κ1) is 7.00. The van der Waals surface area contributed by atoms with Crippen molar-refractivity contribution < 1.29 is 0 Å². The van der Waals surface area contributed by atoms with E-state index in [1.54, 1.807) is 0 Å². The fourth-order valence-electron chi connectivity index (χ4n) is 0.903. The van der Waals surface area contributed by atoms with Gasteiger partial charge in [-0.3, -0.25) is 0 Å². The summed E-state index contributed by atoms with van der Waals surface area (Å²) in [5, 5.41) is 6.99. The summed E-state index contributed by atoms with van der Waals surface area (Å²) < 4.78 is 0. The Labute approximate surface area is 61.2 Å². The Morgan fingerprint density at radius 3 is 2.90 bits per heavy atom.